The number of hydrogen-bond donors (Lipinski definition) is 2. The minimum Gasteiger partial charge on any atom is -0.497 e. The van der Waals surface area contributed by atoms with Crippen molar-refractivity contribution in [2.75, 3.05) is 12.8 Å². The zero-order valence-electron chi connectivity index (χ0n) is 16.3. The Hall–Kier alpha value is -3.54. The van der Waals surface area contributed by atoms with E-state index < -0.39 is 5.97 Å². The molecule has 0 unspecified atom stereocenters. The zero-order chi connectivity index (χ0) is 20.9. The number of benzene rings is 2. The largest absolute Gasteiger partial charge is 0.497 e. The Morgan fingerprint density at radius 2 is 1.64 bits per heavy atom. The molecule has 0 spiro atoms. The van der Waals surface area contributed by atoms with Crippen molar-refractivity contribution in [3.63, 3.8) is 0 Å². The van der Waals surface area contributed by atoms with Gasteiger partial charge in [0, 0.05) is 16.9 Å². The van der Waals surface area contributed by atoms with E-state index in [4.69, 9.17) is 20.9 Å². The number of nitrogens with two attached hydrogens (primary N) is 2. The fourth-order valence-electron chi connectivity index (χ4n) is 1.88. The van der Waals surface area contributed by atoms with Crippen molar-refractivity contribution in [2.24, 2.45) is 5.73 Å². The molecule has 0 heterocycles. The average molecular weight is 382 g/mol. The van der Waals surface area contributed by atoms with Gasteiger partial charge in [0.25, 0.3) is 0 Å². The maximum atomic E-state index is 11.8. The first-order chi connectivity index (χ1) is 13.4. The van der Waals surface area contributed by atoms with E-state index in [1.807, 2.05) is 19.1 Å². The molecule has 0 amide bonds. The minimum atomic E-state index is -0.463. The van der Waals surface area contributed by atoms with Gasteiger partial charge in [-0.25, -0.2) is 4.79 Å². The Bertz CT molecular complexity index is 823. The Morgan fingerprint density at radius 1 is 1.04 bits per heavy atom. The maximum Gasteiger partial charge on any atom is 0.343 e. The summed E-state index contributed by atoms with van der Waals surface area (Å²) in [5, 5.41) is 0. The Kier molecular flexibility index (Phi) is 9.61. The van der Waals surface area contributed by atoms with Gasteiger partial charge < -0.3 is 20.9 Å². The molecule has 2 aromatic rings. The molecule has 2 aromatic carbocycles. The Labute approximate surface area is 165 Å². The number of rotatable bonds is 6. The van der Waals surface area contributed by atoms with Gasteiger partial charge in [-0.15, -0.1) is 0 Å². The number of carbonyl (C=O) groups excluding carboxylic acids is 2. The molecule has 0 aromatic heterocycles. The third-order valence-electron chi connectivity index (χ3n) is 3.59. The molecule has 0 bridgehead atoms. The van der Waals surface area contributed by atoms with E-state index in [9.17, 15) is 9.59 Å². The number of methoxy groups -OCH3 is 1. The second kappa shape index (κ2) is 12.0. The van der Waals surface area contributed by atoms with Gasteiger partial charge in [-0.05, 0) is 61.9 Å². The number of carbonyl (C=O) groups is 2. The van der Waals surface area contributed by atoms with Crippen LogP contribution < -0.4 is 16.2 Å². The highest BCUT2D eigenvalue weighted by Crippen LogP contribution is 2.11. The topological polar surface area (TPSA) is 105 Å². The van der Waals surface area contributed by atoms with Crippen LogP contribution in [0.1, 0.15) is 41.0 Å². The number of hydrogen-bond acceptors (Lipinski definition) is 6. The first-order valence-corrected chi connectivity index (χ1v) is 8.69. The van der Waals surface area contributed by atoms with Crippen LogP contribution >= 0.6 is 0 Å². The van der Waals surface area contributed by atoms with Gasteiger partial charge in [0.05, 0.1) is 12.7 Å². The van der Waals surface area contributed by atoms with Crippen molar-refractivity contribution in [1.29, 1.82) is 0 Å². The van der Waals surface area contributed by atoms with Crippen molar-refractivity contribution in [1.82, 2.24) is 0 Å². The van der Waals surface area contributed by atoms with Crippen molar-refractivity contribution in [3.05, 3.63) is 83.3 Å². The summed E-state index contributed by atoms with van der Waals surface area (Å²) in [5.74, 6) is 0.833. The molecule has 0 saturated carbocycles. The van der Waals surface area contributed by atoms with Crippen LogP contribution in [-0.4, -0.2) is 19.4 Å². The number of anilines is 1. The van der Waals surface area contributed by atoms with E-state index in [1.165, 1.54) is 0 Å². The van der Waals surface area contributed by atoms with Crippen molar-refractivity contribution in [3.8, 4) is 5.75 Å². The lowest BCUT2D eigenvalue weighted by Gasteiger charge is -2.04. The Morgan fingerprint density at radius 3 is 2.14 bits per heavy atom. The molecule has 6 heteroatoms. The lowest BCUT2D eigenvalue weighted by atomic mass is 10.1. The van der Waals surface area contributed by atoms with Gasteiger partial charge in [0.1, 0.15) is 17.8 Å². The molecule has 0 atom stereocenters. The van der Waals surface area contributed by atoms with Gasteiger partial charge in [-0.2, -0.15) is 0 Å². The normalized spacial score (nSPS) is 11.1. The molecule has 2 rings (SSSR count). The second-order valence-corrected chi connectivity index (χ2v) is 5.77. The number of esters is 1. The predicted octanol–water partition coefficient (Wildman–Crippen LogP) is 4.09. The lowest BCUT2D eigenvalue weighted by molar-refractivity contribution is 0.0626. The molecule has 0 fully saturated rings. The van der Waals surface area contributed by atoms with Crippen LogP contribution in [0.5, 0.6) is 5.75 Å². The van der Waals surface area contributed by atoms with E-state index >= 15 is 0 Å². The first kappa shape index (κ1) is 22.5. The fraction of sp³-hybridized carbons (Fsp3) is 0.182. The molecule has 0 radical (unpaired) electrons. The highest BCUT2D eigenvalue weighted by molar-refractivity contribution is 5.91. The van der Waals surface area contributed by atoms with E-state index in [2.05, 4.69) is 0 Å². The highest BCUT2D eigenvalue weighted by Gasteiger charge is 2.07. The van der Waals surface area contributed by atoms with Crippen LogP contribution in [0.25, 0.3) is 0 Å². The van der Waals surface area contributed by atoms with Crippen molar-refractivity contribution < 1.29 is 19.1 Å². The molecule has 6 nitrogen and oxygen atoms in total. The summed E-state index contributed by atoms with van der Waals surface area (Å²) in [6.07, 6.45) is 4.82. The molecule has 28 heavy (non-hydrogen) atoms. The predicted molar refractivity (Wildman–Crippen MR) is 111 cm³/mol. The summed E-state index contributed by atoms with van der Waals surface area (Å²) in [6, 6.07) is 13.5. The fourth-order valence-corrected chi connectivity index (χ4v) is 1.88. The van der Waals surface area contributed by atoms with Gasteiger partial charge in [0.15, 0.2) is 0 Å². The summed E-state index contributed by atoms with van der Waals surface area (Å²) in [5.41, 5.74) is 13.4. The van der Waals surface area contributed by atoms with Gasteiger partial charge in [-0.1, -0.05) is 19.1 Å². The average Bonchev–Trinajstić information content (AvgIpc) is 2.73. The van der Waals surface area contributed by atoms with Gasteiger partial charge in [-0.3, -0.25) is 4.79 Å². The Balaban J connectivity index is 0.000000362. The molecule has 0 aliphatic heterocycles. The van der Waals surface area contributed by atoms with E-state index in [0.29, 0.717) is 22.6 Å². The van der Waals surface area contributed by atoms with Crippen molar-refractivity contribution in [2.45, 2.75) is 20.3 Å². The zero-order valence-corrected chi connectivity index (χ0v) is 16.3. The number of allylic oxidation sites excluding steroid dienone is 4. The van der Waals surface area contributed by atoms with Crippen LogP contribution in [0.15, 0.2) is 72.1 Å². The number of nitrogen functional groups attached to an aromatic ring is 1. The van der Waals surface area contributed by atoms with E-state index in [-0.39, 0.29) is 0 Å². The maximum absolute atomic E-state index is 11.8. The second-order valence-electron chi connectivity index (χ2n) is 5.77. The van der Waals surface area contributed by atoms with Crippen LogP contribution in [-0.2, 0) is 4.74 Å². The monoisotopic (exact) mass is 382 g/mol. The molecule has 148 valence electrons. The molecule has 0 aliphatic carbocycles. The third-order valence-corrected chi connectivity index (χ3v) is 3.59. The summed E-state index contributed by atoms with van der Waals surface area (Å²) < 4.78 is 10.1. The van der Waals surface area contributed by atoms with Crippen LogP contribution in [0, 0.1) is 0 Å². The van der Waals surface area contributed by atoms with Crippen molar-refractivity contribution >= 4 is 17.9 Å². The SMILES string of the molecule is CC/C(N)=C\C=C(/C)OC(=O)c1ccc(C=O)cc1.COc1ccc(N)cc1. The number of aldehydes is 1. The quantitative estimate of drug-likeness (QED) is 0.256. The smallest absolute Gasteiger partial charge is 0.343 e. The van der Waals surface area contributed by atoms with Gasteiger partial charge in [0.2, 0.25) is 0 Å². The third kappa shape index (κ3) is 8.23. The molecule has 0 saturated heterocycles. The molecular weight excluding hydrogens is 356 g/mol. The lowest BCUT2D eigenvalue weighted by Crippen LogP contribution is -2.03. The summed E-state index contributed by atoms with van der Waals surface area (Å²) in [7, 11) is 1.63. The van der Waals surface area contributed by atoms with E-state index in [0.717, 1.165) is 24.1 Å². The van der Waals surface area contributed by atoms with Gasteiger partial charge >= 0.3 is 5.97 Å². The van der Waals surface area contributed by atoms with Crippen LogP contribution in [0.4, 0.5) is 5.69 Å². The van der Waals surface area contributed by atoms with Crippen LogP contribution in [0.3, 0.4) is 0 Å². The first-order valence-electron chi connectivity index (χ1n) is 8.69. The summed E-state index contributed by atoms with van der Waals surface area (Å²) in [6.45, 7) is 3.62. The van der Waals surface area contributed by atoms with E-state index in [1.54, 1.807) is 62.6 Å². The number of ether oxygens (including phenoxy) is 2. The summed E-state index contributed by atoms with van der Waals surface area (Å²) >= 11 is 0. The molecular formula is C22H26N2O4. The molecule has 0 aliphatic rings. The van der Waals surface area contributed by atoms with Crippen LogP contribution in [0.2, 0.25) is 0 Å². The molecule has 4 N–H and O–H groups in total. The highest BCUT2D eigenvalue weighted by atomic mass is 16.5. The minimum absolute atomic E-state index is 0.394. The summed E-state index contributed by atoms with van der Waals surface area (Å²) in [4.78, 5) is 22.3. The standard InChI is InChI=1S/C15H17NO3.C7H9NO/c1-3-14(16)9-4-11(2)19-15(18)13-7-5-12(10-17)6-8-13;1-9-7-4-2-6(8)3-5-7/h4-10H,3,16H2,1-2H3;2-5H,8H2,1H3/b11-4+,14-9+;.